The predicted octanol–water partition coefficient (Wildman–Crippen LogP) is 3.41. The van der Waals surface area contributed by atoms with E-state index in [1.807, 2.05) is 42.5 Å². The number of benzene rings is 3. The number of hydrogen-bond donors (Lipinski definition) is 2. The Kier molecular flexibility index (Phi) is 5.77. The molecule has 0 aliphatic rings. The second-order valence-electron chi connectivity index (χ2n) is 5.97. The zero-order valence-electron chi connectivity index (χ0n) is 15.5. The molecule has 28 heavy (non-hydrogen) atoms. The predicted molar refractivity (Wildman–Crippen MR) is 111 cm³/mol. The van der Waals surface area contributed by atoms with Gasteiger partial charge in [0.05, 0.1) is 7.11 Å². The molecule has 0 unspecified atom stereocenters. The van der Waals surface area contributed by atoms with E-state index in [2.05, 4.69) is 10.0 Å². The Morgan fingerprint density at radius 2 is 1.79 bits per heavy atom. The highest BCUT2D eigenvalue weighted by atomic mass is 32.2. The van der Waals surface area contributed by atoms with E-state index < -0.39 is 10.0 Å². The van der Waals surface area contributed by atoms with Crippen LogP contribution in [0.5, 0.6) is 5.75 Å². The lowest BCUT2D eigenvalue weighted by Crippen LogP contribution is -2.19. The van der Waals surface area contributed by atoms with Crippen LogP contribution >= 0.6 is 0 Å². The average Bonchev–Trinajstić information content (AvgIpc) is 2.72. The molecule has 0 saturated heterocycles. The SMILES string of the molecule is CNS(=O)(=O)c1cc(/C=C/C(=O)Nc2cccc3ccccc23)ccc1OC. The van der Waals surface area contributed by atoms with E-state index in [1.54, 1.807) is 18.2 Å². The number of methoxy groups -OCH3 is 1. The lowest BCUT2D eigenvalue weighted by molar-refractivity contribution is -0.111. The maximum absolute atomic E-state index is 12.3. The molecular weight excluding hydrogens is 376 g/mol. The summed E-state index contributed by atoms with van der Waals surface area (Å²) in [4.78, 5) is 12.3. The van der Waals surface area contributed by atoms with E-state index in [-0.39, 0.29) is 16.6 Å². The Morgan fingerprint density at radius 3 is 2.54 bits per heavy atom. The Bertz CT molecular complexity index is 1150. The van der Waals surface area contributed by atoms with E-state index >= 15 is 0 Å². The van der Waals surface area contributed by atoms with Gasteiger partial charge in [-0.2, -0.15) is 0 Å². The van der Waals surface area contributed by atoms with Crippen LogP contribution in [0.1, 0.15) is 5.56 Å². The molecular formula is C21H20N2O4S. The topological polar surface area (TPSA) is 84.5 Å². The molecule has 0 heterocycles. The number of sulfonamides is 1. The van der Waals surface area contributed by atoms with Crippen LogP contribution in [-0.2, 0) is 14.8 Å². The fraction of sp³-hybridized carbons (Fsp3) is 0.0952. The van der Waals surface area contributed by atoms with Gasteiger partial charge in [0.1, 0.15) is 10.6 Å². The minimum absolute atomic E-state index is 0.00844. The molecule has 0 radical (unpaired) electrons. The molecule has 0 atom stereocenters. The third-order valence-corrected chi connectivity index (χ3v) is 5.66. The van der Waals surface area contributed by atoms with E-state index in [4.69, 9.17) is 4.74 Å². The van der Waals surface area contributed by atoms with Gasteiger partial charge in [-0.3, -0.25) is 4.79 Å². The molecule has 3 aromatic carbocycles. The molecule has 3 rings (SSSR count). The summed E-state index contributed by atoms with van der Waals surface area (Å²) in [7, 11) is -0.956. The van der Waals surface area contributed by atoms with Crippen LogP contribution in [-0.4, -0.2) is 28.5 Å². The van der Waals surface area contributed by atoms with Gasteiger partial charge < -0.3 is 10.1 Å². The molecule has 3 aromatic rings. The van der Waals surface area contributed by atoms with E-state index in [0.29, 0.717) is 11.3 Å². The number of fused-ring (bicyclic) bond motifs is 1. The fourth-order valence-corrected chi connectivity index (χ4v) is 3.73. The first-order valence-electron chi connectivity index (χ1n) is 8.53. The van der Waals surface area contributed by atoms with Crippen molar-refractivity contribution in [3.05, 3.63) is 72.3 Å². The number of nitrogens with one attached hydrogen (secondary N) is 2. The largest absolute Gasteiger partial charge is 0.495 e. The second kappa shape index (κ2) is 8.24. The summed E-state index contributed by atoms with van der Waals surface area (Å²) in [6.07, 6.45) is 2.91. The van der Waals surface area contributed by atoms with Crippen LogP contribution in [0.3, 0.4) is 0 Å². The highest BCUT2D eigenvalue weighted by Crippen LogP contribution is 2.25. The van der Waals surface area contributed by atoms with Crippen molar-refractivity contribution in [2.24, 2.45) is 0 Å². The molecule has 0 fully saturated rings. The van der Waals surface area contributed by atoms with Crippen LogP contribution in [0.4, 0.5) is 5.69 Å². The van der Waals surface area contributed by atoms with Crippen LogP contribution in [0.15, 0.2) is 71.6 Å². The number of ether oxygens (including phenoxy) is 1. The quantitative estimate of drug-likeness (QED) is 0.626. The standard InChI is InChI=1S/C21H20N2O4S/c1-22-28(25,26)20-14-15(10-12-19(20)27-2)11-13-21(24)23-18-9-5-7-16-6-3-4-8-17(16)18/h3-14,22H,1-2H3,(H,23,24)/b13-11+. The van der Waals surface area contributed by atoms with Crippen LogP contribution in [0.25, 0.3) is 16.8 Å². The third kappa shape index (κ3) is 4.21. The molecule has 6 nitrogen and oxygen atoms in total. The molecule has 0 aliphatic carbocycles. The Hall–Kier alpha value is -3.16. The maximum Gasteiger partial charge on any atom is 0.248 e. The third-order valence-electron chi connectivity index (χ3n) is 4.22. The van der Waals surface area contributed by atoms with Gasteiger partial charge in [-0.1, -0.05) is 42.5 Å². The highest BCUT2D eigenvalue weighted by Gasteiger charge is 2.17. The minimum atomic E-state index is -3.68. The lowest BCUT2D eigenvalue weighted by Gasteiger charge is -2.09. The van der Waals surface area contributed by atoms with Gasteiger partial charge in [-0.25, -0.2) is 13.1 Å². The molecule has 0 aromatic heterocycles. The first-order valence-corrected chi connectivity index (χ1v) is 10.0. The molecule has 0 saturated carbocycles. The normalized spacial score (nSPS) is 11.6. The summed E-state index contributed by atoms with van der Waals surface area (Å²) in [5, 5.41) is 4.82. The van der Waals surface area contributed by atoms with Crippen molar-refractivity contribution in [1.82, 2.24) is 4.72 Å². The monoisotopic (exact) mass is 396 g/mol. The number of amides is 1. The van der Waals surface area contributed by atoms with Crippen molar-refractivity contribution in [2.45, 2.75) is 4.90 Å². The number of rotatable bonds is 6. The summed E-state index contributed by atoms with van der Waals surface area (Å²) in [5.41, 5.74) is 1.27. The number of carbonyl (C=O) groups excluding carboxylic acids is 1. The van der Waals surface area contributed by atoms with Crippen molar-refractivity contribution >= 4 is 38.5 Å². The molecule has 1 amide bonds. The van der Waals surface area contributed by atoms with Crippen LogP contribution in [0, 0.1) is 0 Å². The molecule has 0 aliphatic heterocycles. The molecule has 144 valence electrons. The van der Waals surface area contributed by atoms with Gasteiger partial charge in [0.2, 0.25) is 15.9 Å². The average molecular weight is 396 g/mol. The molecule has 2 N–H and O–H groups in total. The minimum Gasteiger partial charge on any atom is -0.495 e. The summed E-state index contributed by atoms with van der Waals surface area (Å²) in [6, 6.07) is 18.1. The fourth-order valence-electron chi connectivity index (χ4n) is 2.80. The Labute approximate surface area is 163 Å². The van der Waals surface area contributed by atoms with Crippen molar-refractivity contribution in [3.63, 3.8) is 0 Å². The van der Waals surface area contributed by atoms with Crippen LogP contribution < -0.4 is 14.8 Å². The summed E-state index contributed by atoms with van der Waals surface area (Å²) >= 11 is 0. The highest BCUT2D eigenvalue weighted by molar-refractivity contribution is 7.89. The summed E-state index contributed by atoms with van der Waals surface area (Å²) in [5.74, 6) is -0.0862. The maximum atomic E-state index is 12.3. The van der Waals surface area contributed by atoms with Crippen molar-refractivity contribution in [1.29, 1.82) is 0 Å². The number of carbonyl (C=O) groups is 1. The van der Waals surface area contributed by atoms with Gasteiger partial charge in [-0.15, -0.1) is 0 Å². The zero-order chi connectivity index (χ0) is 20.1. The summed E-state index contributed by atoms with van der Waals surface area (Å²) in [6.45, 7) is 0. The van der Waals surface area contributed by atoms with Crippen molar-refractivity contribution < 1.29 is 17.9 Å². The van der Waals surface area contributed by atoms with Gasteiger partial charge >= 0.3 is 0 Å². The van der Waals surface area contributed by atoms with E-state index in [9.17, 15) is 13.2 Å². The Morgan fingerprint density at radius 1 is 1.04 bits per heavy atom. The van der Waals surface area contributed by atoms with Crippen molar-refractivity contribution in [3.8, 4) is 5.75 Å². The molecule has 0 spiro atoms. The second-order valence-corrected chi connectivity index (χ2v) is 7.82. The van der Waals surface area contributed by atoms with Gasteiger partial charge in [0.15, 0.2) is 0 Å². The Balaban J connectivity index is 1.83. The van der Waals surface area contributed by atoms with Gasteiger partial charge in [-0.05, 0) is 42.3 Å². The lowest BCUT2D eigenvalue weighted by atomic mass is 10.1. The van der Waals surface area contributed by atoms with Crippen LogP contribution in [0.2, 0.25) is 0 Å². The number of hydrogen-bond acceptors (Lipinski definition) is 4. The number of anilines is 1. The van der Waals surface area contributed by atoms with E-state index in [1.165, 1.54) is 26.3 Å². The first-order chi connectivity index (χ1) is 13.4. The molecule has 7 heteroatoms. The summed E-state index contributed by atoms with van der Waals surface area (Å²) < 4.78 is 31.7. The van der Waals surface area contributed by atoms with Crippen molar-refractivity contribution in [2.75, 3.05) is 19.5 Å². The van der Waals surface area contributed by atoms with Gasteiger partial charge in [0.25, 0.3) is 0 Å². The first kappa shape index (κ1) is 19.6. The van der Waals surface area contributed by atoms with E-state index in [0.717, 1.165) is 10.8 Å². The smallest absolute Gasteiger partial charge is 0.248 e. The zero-order valence-corrected chi connectivity index (χ0v) is 16.3. The molecule has 0 bridgehead atoms. The van der Waals surface area contributed by atoms with Gasteiger partial charge in [0, 0.05) is 17.1 Å².